The van der Waals surface area contributed by atoms with Crippen molar-refractivity contribution in [1.29, 1.82) is 0 Å². The third kappa shape index (κ3) is 2.33. The van der Waals surface area contributed by atoms with Gasteiger partial charge in [0.05, 0.1) is 5.92 Å². The molecule has 2 nitrogen and oxygen atoms in total. The Kier molecular flexibility index (Phi) is 3.54. The van der Waals surface area contributed by atoms with E-state index < -0.39 is 0 Å². The van der Waals surface area contributed by atoms with Crippen molar-refractivity contribution in [3.8, 4) is 0 Å². The number of hydrogen-bond acceptors (Lipinski definition) is 2. The highest BCUT2D eigenvalue weighted by Gasteiger charge is 2.33. The first-order valence-corrected chi connectivity index (χ1v) is 5.62. The van der Waals surface area contributed by atoms with Crippen LogP contribution in [0.4, 0.5) is 0 Å². The molecular formula is C10H15BrO2. The van der Waals surface area contributed by atoms with E-state index in [-0.39, 0.29) is 18.0 Å². The lowest BCUT2D eigenvalue weighted by atomic mass is 9.87. The number of rotatable bonds is 2. The van der Waals surface area contributed by atoms with Crippen molar-refractivity contribution in [2.75, 3.05) is 5.33 Å². The lowest BCUT2D eigenvalue weighted by molar-refractivity contribution is -0.161. The highest BCUT2D eigenvalue weighted by Crippen LogP contribution is 2.29. The first-order chi connectivity index (χ1) is 6.06. The number of ether oxygens (including phenoxy) is 1. The van der Waals surface area contributed by atoms with E-state index in [1.165, 1.54) is 0 Å². The normalized spacial score (nSPS) is 34.1. The molecule has 0 spiro atoms. The number of hydrogen-bond donors (Lipinski definition) is 0. The molecule has 1 fully saturated rings. The molecule has 0 N–H and O–H groups in total. The van der Waals surface area contributed by atoms with Crippen LogP contribution in [0.3, 0.4) is 0 Å². The molecule has 1 aliphatic heterocycles. The van der Waals surface area contributed by atoms with Crippen LogP contribution in [0.1, 0.15) is 20.3 Å². The molecule has 0 bridgehead atoms. The van der Waals surface area contributed by atoms with Crippen molar-refractivity contribution >= 4 is 21.9 Å². The molecule has 0 aliphatic carbocycles. The second-order valence-corrected chi connectivity index (χ2v) is 4.32. The van der Waals surface area contributed by atoms with Crippen LogP contribution in [0, 0.1) is 11.8 Å². The van der Waals surface area contributed by atoms with E-state index in [4.69, 9.17) is 4.74 Å². The van der Waals surface area contributed by atoms with Crippen LogP contribution < -0.4 is 0 Å². The Bertz CT molecular complexity index is 225. The van der Waals surface area contributed by atoms with Crippen molar-refractivity contribution in [1.82, 2.24) is 0 Å². The summed E-state index contributed by atoms with van der Waals surface area (Å²) in [5, 5.41) is 0.698. The maximum Gasteiger partial charge on any atom is 0.309 e. The Balaban J connectivity index is 2.66. The van der Waals surface area contributed by atoms with Crippen LogP contribution in [0.5, 0.6) is 0 Å². The predicted molar refractivity (Wildman–Crippen MR) is 55.8 cm³/mol. The summed E-state index contributed by atoms with van der Waals surface area (Å²) in [5.74, 6) is 0.331. The van der Waals surface area contributed by atoms with Gasteiger partial charge in [0.25, 0.3) is 0 Å². The average molecular weight is 247 g/mol. The van der Waals surface area contributed by atoms with Crippen LogP contribution >= 0.6 is 15.9 Å². The molecule has 0 aromatic heterocycles. The van der Waals surface area contributed by atoms with E-state index >= 15 is 0 Å². The number of alkyl halides is 1. The van der Waals surface area contributed by atoms with Crippen LogP contribution in [0.15, 0.2) is 12.2 Å². The van der Waals surface area contributed by atoms with E-state index in [0.29, 0.717) is 11.2 Å². The van der Waals surface area contributed by atoms with E-state index in [0.717, 1.165) is 12.0 Å². The fourth-order valence-electron chi connectivity index (χ4n) is 1.70. The Labute approximate surface area is 87.5 Å². The van der Waals surface area contributed by atoms with Gasteiger partial charge in [-0.1, -0.05) is 36.4 Å². The third-order valence-electron chi connectivity index (χ3n) is 2.46. The van der Waals surface area contributed by atoms with Gasteiger partial charge in [-0.25, -0.2) is 0 Å². The van der Waals surface area contributed by atoms with Gasteiger partial charge in [0.1, 0.15) is 6.10 Å². The summed E-state index contributed by atoms with van der Waals surface area (Å²) in [6, 6.07) is 0. The maximum absolute atomic E-state index is 11.3. The SMILES string of the molecule is C=C(CBr)[C@H]1OC(=O)[C@H](C)C[C@@H]1C. The molecule has 74 valence electrons. The number of carbonyl (C=O) groups is 1. The Hall–Kier alpha value is -0.310. The highest BCUT2D eigenvalue weighted by atomic mass is 79.9. The first kappa shape index (κ1) is 10.8. The monoisotopic (exact) mass is 246 g/mol. The molecule has 1 saturated heterocycles. The number of halogens is 1. The number of carbonyl (C=O) groups excluding carboxylic acids is 1. The lowest BCUT2D eigenvalue weighted by Crippen LogP contribution is -2.37. The van der Waals surface area contributed by atoms with Gasteiger partial charge in [-0.3, -0.25) is 4.79 Å². The minimum absolute atomic E-state index is 0.0365. The van der Waals surface area contributed by atoms with Crippen LogP contribution in [-0.2, 0) is 9.53 Å². The summed E-state index contributed by atoms with van der Waals surface area (Å²) < 4.78 is 5.30. The van der Waals surface area contributed by atoms with Crippen molar-refractivity contribution in [3.05, 3.63) is 12.2 Å². The van der Waals surface area contributed by atoms with Gasteiger partial charge < -0.3 is 4.74 Å². The third-order valence-corrected chi connectivity index (χ3v) is 3.18. The Morgan fingerprint density at radius 3 is 2.85 bits per heavy atom. The predicted octanol–water partition coefficient (Wildman–Crippen LogP) is 2.53. The molecule has 1 aliphatic rings. The van der Waals surface area contributed by atoms with Gasteiger partial charge in [0.15, 0.2) is 0 Å². The molecule has 13 heavy (non-hydrogen) atoms. The second-order valence-electron chi connectivity index (χ2n) is 3.76. The lowest BCUT2D eigenvalue weighted by Gasteiger charge is -2.32. The molecule has 0 aromatic carbocycles. The summed E-state index contributed by atoms with van der Waals surface area (Å²) in [6.07, 6.45) is 0.804. The van der Waals surface area contributed by atoms with E-state index in [9.17, 15) is 4.79 Å². The fraction of sp³-hybridized carbons (Fsp3) is 0.700. The molecule has 0 saturated carbocycles. The van der Waals surface area contributed by atoms with E-state index in [2.05, 4.69) is 29.4 Å². The summed E-state index contributed by atoms with van der Waals surface area (Å²) in [5.41, 5.74) is 0.952. The van der Waals surface area contributed by atoms with Crippen LogP contribution in [0.2, 0.25) is 0 Å². The van der Waals surface area contributed by atoms with Gasteiger partial charge in [0, 0.05) is 5.33 Å². The van der Waals surface area contributed by atoms with Gasteiger partial charge in [-0.15, -0.1) is 0 Å². The van der Waals surface area contributed by atoms with E-state index in [1.807, 2.05) is 6.92 Å². The van der Waals surface area contributed by atoms with Crippen LogP contribution in [0.25, 0.3) is 0 Å². The standard InChI is InChI=1S/C10H15BrO2/c1-6-4-7(2)10(12)13-9(6)8(3)5-11/h6-7,9H,3-5H2,1-2H3/t6-,7+,9-/m0/s1. The summed E-state index contributed by atoms with van der Waals surface area (Å²) in [7, 11) is 0. The Morgan fingerprint density at radius 2 is 2.31 bits per heavy atom. The van der Waals surface area contributed by atoms with Gasteiger partial charge >= 0.3 is 5.97 Å². The zero-order valence-corrected chi connectivity index (χ0v) is 9.63. The fourth-order valence-corrected chi connectivity index (χ4v) is 2.02. The minimum atomic E-state index is -0.0944. The topological polar surface area (TPSA) is 26.3 Å². The zero-order valence-electron chi connectivity index (χ0n) is 8.05. The van der Waals surface area contributed by atoms with Gasteiger partial charge in [-0.05, 0) is 17.9 Å². The zero-order chi connectivity index (χ0) is 10.0. The largest absolute Gasteiger partial charge is 0.457 e. The quantitative estimate of drug-likeness (QED) is 0.426. The molecular weight excluding hydrogens is 232 g/mol. The summed E-state index contributed by atoms with van der Waals surface area (Å²) >= 11 is 3.32. The molecule has 3 heteroatoms. The summed E-state index contributed by atoms with van der Waals surface area (Å²) in [6.45, 7) is 7.89. The Morgan fingerprint density at radius 1 is 1.69 bits per heavy atom. The molecule has 0 unspecified atom stereocenters. The molecule has 0 aromatic rings. The minimum Gasteiger partial charge on any atom is -0.457 e. The molecule has 0 amide bonds. The van der Waals surface area contributed by atoms with Crippen LogP contribution in [-0.4, -0.2) is 17.4 Å². The molecule has 1 heterocycles. The van der Waals surface area contributed by atoms with Crippen molar-refractivity contribution in [2.45, 2.75) is 26.4 Å². The van der Waals surface area contributed by atoms with Crippen molar-refractivity contribution < 1.29 is 9.53 Å². The molecule has 0 radical (unpaired) electrons. The van der Waals surface area contributed by atoms with Gasteiger partial charge in [0.2, 0.25) is 0 Å². The number of esters is 1. The highest BCUT2D eigenvalue weighted by molar-refractivity contribution is 9.09. The molecule has 3 atom stereocenters. The first-order valence-electron chi connectivity index (χ1n) is 4.50. The second kappa shape index (κ2) is 4.27. The average Bonchev–Trinajstić information content (AvgIpc) is 2.10. The van der Waals surface area contributed by atoms with Gasteiger partial charge in [-0.2, -0.15) is 0 Å². The summed E-state index contributed by atoms with van der Waals surface area (Å²) in [4.78, 5) is 11.3. The smallest absolute Gasteiger partial charge is 0.309 e. The molecule has 1 rings (SSSR count). The maximum atomic E-state index is 11.3. The number of cyclic esters (lactones) is 1. The van der Waals surface area contributed by atoms with Crippen molar-refractivity contribution in [3.63, 3.8) is 0 Å². The van der Waals surface area contributed by atoms with E-state index in [1.54, 1.807) is 0 Å². The van der Waals surface area contributed by atoms with Crippen molar-refractivity contribution in [2.24, 2.45) is 11.8 Å².